The third-order valence-corrected chi connectivity index (χ3v) is 3.01. The molecule has 0 fully saturated rings. The van der Waals surface area contributed by atoms with E-state index in [0.717, 1.165) is 23.4 Å². The van der Waals surface area contributed by atoms with Crippen LogP contribution in [0.3, 0.4) is 0 Å². The maximum absolute atomic E-state index is 13.4. The van der Waals surface area contributed by atoms with E-state index in [2.05, 4.69) is 5.32 Å². The Bertz CT molecular complexity index is 644. The average Bonchev–Trinajstić information content (AvgIpc) is 2.47. The molecule has 0 aliphatic carbocycles. The van der Waals surface area contributed by atoms with E-state index < -0.39 is 17.5 Å². The fourth-order valence-corrected chi connectivity index (χ4v) is 1.92. The van der Waals surface area contributed by atoms with E-state index in [4.69, 9.17) is 4.74 Å². The first-order valence-corrected chi connectivity index (χ1v) is 6.46. The lowest BCUT2D eigenvalue weighted by Crippen LogP contribution is -2.26. The van der Waals surface area contributed by atoms with Crippen LogP contribution in [0.15, 0.2) is 42.5 Å². The second kappa shape index (κ2) is 6.83. The molecule has 3 nitrogen and oxygen atoms in total. The van der Waals surface area contributed by atoms with Gasteiger partial charge in [0.1, 0.15) is 17.4 Å². The molecular formula is C16H15F2NO2. The predicted molar refractivity (Wildman–Crippen MR) is 75.4 cm³/mol. The highest BCUT2D eigenvalue weighted by molar-refractivity contribution is 5.94. The van der Waals surface area contributed by atoms with Gasteiger partial charge in [-0.05, 0) is 36.2 Å². The van der Waals surface area contributed by atoms with E-state index in [1.165, 1.54) is 0 Å². The summed E-state index contributed by atoms with van der Waals surface area (Å²) in [7, 11) is 1.58. The first-order valence-electron chi connectivity index (χ1n) is 6.46. The van der Waals surface area contributed by atoms with Crippen LogP contribution in [0.25, 0.3) is 0 Å². The second-order valence-corrected chi connectivity index (χ2v) is 4.48. The van der Waals surface area contributed by atoms with Crippen LogP contribution in [0.2, 0.25) is 0 Å². The zero-order valence-corrected chi connectivity index (χ0v) is 11.5. The van der Waals surface area contributed by atoms with Crippen LogP contribution in [-0.2, 0) is 6.42 Å². The Labute approximate surface area is 121 Å². The minimum Gasteiger partial charge on any atom is -0.497 e. The average molecular weight is 291 g/mol. The first kappa shape index (κ1) is 15.0. The molecule has 2 rings (SSSR count). The topological polar surface area (TPSA) is 38.3 Å². The summed E-state index contributed by atoms with van der Waals surface area (Å²) in [6.45, 7) is 0.350. The highest BCUT2D eigenvalue weighted by Gasteiger charge is 2.11. The Morgan fingerprint density at radius 3 is 2.71 bits per heavy atom. The van der Waals surface area contributed by atoms with Gasteiger partial charge >= 0.3 is 0 Å². The van der Waals surface area contributed by atoms with Crippen LogP contribution >= 0.6 is 0 Å². The van der Waals surface area contributed by atoms with E-state index >= 15 is 0 Å². The van der Waals surface area contributed by atoms with Crippen molar-refractivity contribution >= 4 is 5.91 Å². The largest absolute Gasteiger partial charge is 0.497 e. The summed E-state index contributed by atoms with van der Waals surface area (Å²) in [5, 5.41) is 2.60. The summed E-state index contributed by atoms with van der Waals surface area (Å²) in [6.07, 6.45) is 0.589. The molecule has 0 aromatic heterocycles. The monoisotopic (exact) mass is 291 g/mol. The quantitative estimate of drug-likeness (QED) is 0.920. The van der Waals surface area contributed by atoms with Crippen LogP contribution in [-0.4, -0.2) is 19.6 Å². The van der Waals surface area contributed by atoms with E-state index in [1.807, 2.05) is 24.3 Å². The summed E-state index contributed by atoms with van der Waals surface area (Å²) in [4.78, 5) is 11.8. The smallest absolute Gasteiger partial charge is 0.254 e. The van der Waals surface area contributed by atoms with Crippen molar-refractivity contribution in [3.63, 3.8) is 0 Å². The molecule has 110 valence electrons. The minimum atomic E-state index is -0.867. The molecule has 2 aromatic rings. The van der Waals surface area contributed by atoms with Gasteiger partial charge in [0.25, 0.3) is 5.91 Å². The summed E-state index contributed by atoms with van der Waals surface area (Å²) in [5.74, 6) is -1.40. The van der Waals surface area contributed by atoms with Crippen molar-refractivity contribution in [3.05, 3.63) is 65.2 Å². The normalized spacial score (nSPS) is 10.2. The zero-order valence-electron chi connectivity index (χ0n) is 11.5. The summed E-state index contributed by atoms with van der Waals surface area (Å²) >= 11 is 0. The molecule has 0 bridgehead atoms. The maximum atomic E-state index is 13.4. The van der Waals surface area contributed by atoms with Crippen molar-refractivity contribution in [2.75, 3.05) is 13.7 Å². The molecule has 1 N–H and O–H groups in total. The van der Waals surface area contributed by atoms with Crippen LogP contribution in [0.4, 0.5) is 8.78 Å². The molecule has 1 amide bonds. The van der Waals surface area contributed by atoms with E-state index in [9.17, 15) is 13.6 Å². The number of ether oxygens (including phenoxy) is 1. The van der Waals surface area contributed by atoms with Gasteiger partial charge in [0.2, 0.25) is 0 Å². The van der Waals surface area contributed by atoms with Gasteiger partial charge in [0.05, 0.1) is 12.7 Å². The lowest BCUT2D eigenvalue weighted by Gasteiger charge is -2.07. The number of halogens is 2. The van der Waals surface area contributed by atoms with Gasteiger partial charge in [-0.2, -0.15) is 0 Å². The number of hydrogen-bond donors (Lipinski definition) is 1. The Kier molecular flexibility index (Phi) is 4.87. The third kappa shape index (κ3) is 4.02. The Balaban J connectivity index is 1.92. The highest BCUT2D eigenvalue weighted by Crippen LogP contribution is 2.13. The van der Waals surface area contributed by atoms with Crippen LogP contribution in [0, 0.1) is 11.6 Å². The fourth-order valence-electron chi connectivity index (χ4n) is 1.92. The van der Waals surface area contributed by atoms with Crippen molar-refractivity contribution < 1.29 is 18.3 Å². The number of carbonyl (C=O) groups excluding carboxylic acids is 1. The molecular weight excluding hydrogens is 276 g/mol. The van der Waals surface area contributed by atoms with Gasteiger partial charge in [-0.25, -0.2) is 8.78 Å². The Morgan fingerprint density at radius 1 is 1.19 bits per heavy atom. The van der Waals surface area contributed by atoms with E-state index in [-0.39, 0.29) is 5.56 Å². The molecule has 0 saturated carbocycles. The number of nitrogens with one attached hydrogen (secondary N) is 1. The first-order chi connectivity index (χ1) is 10.1. The van der Waals surface area contributed by atoms with Crippen LogP contribution < -0.4 is 10.1 Å². The molecule has 5 heteroatoms. The number of benzene rings is 2. The van der Waals surface area contributed by atoms with Gasteiger partial charge in [-0.1, -0.05) is 12.1 Å². The number of methoxy groups -OCH3 is 1. The van der Waals surface area contributed by atoms with Crippen LogP contribution in [0.1, 0.15) is 15.9 Å². The van der Waals surface area contributed by atoms with E-state index in [0.29, 0.717) is 19.0 Å². The molecule has 0 aliphatic heterocycles. The van der Waals surface area contributed by atoms with Gasteiger partial charge < -0.3 is 10.1 Å². The zero-order chi connectivity index (χ0) is 15.2. The Hall–Kier alpha value is -2.43. The van der Waals surface area contributed by atoms with Crippen molar-refractivity contribution in [1.29, 1.82) is 0 Å². The molecule has 0 spiro atoms. The summed E-state index contributed by atoms with van der Waals surface area (Å²) in [6, 6.07) is 10.3. The Morgan fingerprint density at radius 2 is 2.00 bits per heavy atom. The summed E-state index contributed by atoms with van der Waals surface area (Å²) < 4.78 is 31.3. The molecule has 0 heterocycles. The van der Waals surface area contributed by atoms with Crippen molar-refractivity contribution in [2.24, 2.45) is 0 Å². The van der Waals surface area contributed by atoms with Crippen molar-refractivity contribution in [3.8, 4) is 5.75 Å². The fraction of sp³-hybridized carbons (Fsp3) is 0.188. The molecule has 0 radical (unpaired) electrons. The second-order valence-electron chi connectivity index (χ2n) is 4.48. The lowest BCUT2D eigenvalue weighted by atomic mass is 10.1. The molecule has 0 saturated heterocycles. The van der Waals surface area contributed by atoms with Gasteiger partial charge in [0, 0.05) is 12.6 Å². The van der Waals surface area contributed by atoms with Gasteiger partial charge in [-0.3, -0.25) is 4.79 Å². The third-order valence-electron chi connectivity index (χ3n) is 3.01. The SMILES string of the molecule is COc1cccc(CCNC(=O)c2ccc(F)cc2F)c1. The van der Waals surface area contributed by atoms with Crippen molar-refractivity contribution in [2.45, 2.75) is 6.42 Å². The number of hydrogen-bond acceptors (Lipinski definition) is 2. The summed E-state index contributed by atoms with van der Waals surface area (Å²) in [5.41, 5.74) is 0.830. The van der Waals surface area contributed by atoms with Gasteiger partial charge in [-0.15, -0.1) is 0 Å². The molecule has 0 aliphatic rings. The molecule has 2 aromatic carbocycles. The van der Waals surface area contributed by atoms with Crippen molar-refractivity contribution in [1.82, 2.24) is 5.32 Å². The van der Waals surface area contributed by atoms with E-state index in [1.54, 1.807) is 7.11 Å². The molecule has 0 unspecified atom stereocenters. The van der Waals surface area contributed by atoms with Crippen LogP contribution in [0.5, 0.6) is 5.75 Å². The number of rotatable bonds is 5. The predicted octanol–water partition coefficient (Wildman–Crippen LogP) is 2.95. The number of amides is 1. The molecule has 0 atom stereocenters. The van der Waals surface area contributed by atoms with Gasteiger partial charge in [0.15, 0.2) is 0 Å². The maximum Gasteiger partial charge on any atom is 0.254 e. The lowest BCUT2D eigenvalue weighted by molar-refractivity contribution is 0.0950. The molecule has 21 heavy (non-hydrogen) atoms. The highest BCUT2D eigenvalue weighted by atomic mass is 19.1. The number of carbonyl (C=O) groups is 1. The standard InChI is InChI=1S/C16H15F2NO2/c1-21-13-4-2-3-11(9-13)7-8-19-16(20)14-6-5-12(17)10-15(14)18/h2-6,9-10H,7-8H2,1H3,(H,19,20). The minimum absolute atomic E-state index is 0.165.